The van der Waals surface area contributed by atoms with Gasteiger partial charge in [-0.3, -0.25) is 15.6 Å². The lowest BCUT2D eigenvalue weighted by Crippen LogP contribution is -2.51. The maximum atomic E-state index is 12.4. The molecule has 1 aromatic carbocycles. The molecule has 0 spiro atoms. The molecule has 5 N–H and O–H groups in total. The molecule has 3 rings (SSSR count). The van der Waals surface area contributed by atoms with Crippen LogP contribution in [0.3, 0.4) is 0 Å². The second kappa shape index (κ2) is 8.35. The van der Waals surface area contributed by atoms with E-state index in [9.17, 15) is 4.79 Å². The summed E-state index contributed by atoms with van der Waals surface area (Å²) in [6.07, 6.45) is 2.31. The van der Waals surface area contributed by atoms with Gasteiger partial charge in [-0.2, -0.15) is 0 Å². The van der Waals surface area contributed by atoms with Crippen molar-refractivity contribution in [3.63, 3.8) is 0 Å². The van der Waals surface area contributed by atoms with E-state index in [0.717, 1.165) is 11.3 Å². The van der Waals surface area contributed by atoms with Crippen LogP contribution in [-0.2, 0) is 11.2 Å². The summed E-state index contributed by atoms with van der Waals surface area (Å²) in [5.41, 5.74) is 14.3. The molecule has 7 heteroatoms. The first-order valence-electron chi connectivity index (χ1n) is 8.98. The summed E-state index contributed by atoms with van der Waals surface area (Å²) in [6, 6.07) is 11.6. The van der Waals surface area contributed by atoms with E-state index in [2.05, 4.69) is 26.1 Å². The summed E-state index contributed by atoms with van der Waals surface area (Å²) in [5.74, 6) is 0.609. The smallest absolute Gasteiger partial charge is 0.237 e. The Kier molecular flexibility index (Phi) is 5.92. The standard InChI is InChI=1S/C19H26N6O/c1-12-17(13(2)25-24-12)18(20)19(26)22-11-9-16-21-10-8-15(23-16)14-6-4-3-5-7-14/h3-8,10,12-13,17-18,24-25H,9,11,20H2,1-2H3,(H,22,26). The molecule has 1 amide bonds. The molecule has 1 aliphatic rings. The molecule has 0 aliphatic carbocycles. The molecule has 7 nitrogen and oxygen atoms in total. The largest absolute Gasteiger partial charge is 0.354 e. The van der Waals surface area contributed by atoms with E-state index >= 15 is 0 Å². The Balaban J connectivity index is 1.54. The van der Waals surface area contributed by atoms with Gasteiger partial charge in [-0.05, 0) is 19.9 Å². The van der Waals surface area contributed by atoms with E-state index in [1.165, 1.54) is 0 Å². The van der Waals surface area contributed by atoms with Crippen molar-refractivity contribution in [1.82, 2.24) is 26.1 Å². The van der Waals surface area contributed by atoms with Crippen molar-refractivity contribution in [2.45, 2.75) is 38.4 Å². The van der Waals surface area contributed by atoms with Gasteiger partial charge in [0.25, 0.3) is 0 Å². The van der Waals surface area contributed by atoms with Gasteiger partial charge in [0.1, 0.15) is 5.82 Å². The fraction of sp³-hybridized carbons (Fsp3) is 0.421. The quantitative estimate of drug-likeness (QED) is 0.606. The van der Waals surface area contributed by atoms with Gasteiger partial charge in [-0.15, -0.1) is 0 Å². The van der Waals surface area contributed by atoms with Gasteiger partial charge >= 0.3 is 0 Å². The molecule has 2 aromatic rings. The van der Waals surface area contributed by atoms with Gasteiger partial charge < -0.3 is 11.1 Å². The van der Waals surface area contributed by atoms with E-state index in [4.69, 9.17) is 5.73 Å². The molecule has 26 heavy (non-hydrogen) atoms. The summed E-state index contributed by atoms with van der Waals surface area (Å²) in [7, 11) is 0. The van der Waals surface area contributed by atoms with Gasteiger partial charge in [0.05, 0.1) is 11.7 Å². The van der Waals surface area contributed by atoms with Crippen LogP contribution in [0, 0.1) is 5.92 Å². The molecule has 0 radical (unpaired) electrons. The van der Waals surface area contributed by atoms with Gasteiger partial charge in [-0.25, -0.2) is 9.97 Å². The Morgan fingerprint density at radius 3 is 2.58 bits per heavy atom. The number of hydrazine groups is 1. The van der Waals surface area contributed by atoms with Crippen LogP contribution in [0.25, 0.3) is 11.3 Å². The Labute approximate surface area is 153 Å². The summed E-state index contributed by atoms with van der Waals surface area (Å²) in [5, 5.41) is 2.91. The van der Waals surface area contributed by atoms with Gasteiger partial charge in [0.2, 0.25) is 5.91 Å². The maximum absolute atomic E-state index is 12.4. The van der Waals surface area contributed by atoms with Crippen molar-refractivity contribution in [2.75, 3.05) is 6.54 Å². The third-order valence-electron chi connectivity index (χ3n) is 4.83. The summed E-state index contributed by atoms with van der Waals surface area (Å²) in [6.45, 7) is 4.51. The highest BCUT2D eigenvalue weighted by molar-refractivity contribution is 5.82. The van der Waals surface area contributed by atoms with Crippen molar-refractivity contribution in [2.24, 2.45) is 11.7 Å². The van der Waals surface area contributed by atoms with Crippen LogP contribution < -0.4 is 21.9 Å². The Morgan fingerprint density at radius 1 is 1.19 bits per heavy atom. The first kappa shape index (κ1) is 18.4. The third kappa shape index (κ3) is 4.24. The van der Waals surface area contributed by atoms with Crippen molar-refractivity contribution < 1.29 is 4.79 Å². The zero-order valence-electron chi connectivity index (χ0n) is 15.1. The first-order valence-corrected chi connectivity index (χ1v) is 8.98. The van der Waals surface area contributed by atoms with Crippen molar-refractivity contribution in [1.29, 1.82) is 0 Å². The monoisotopic (exact) mass is 354 g/mol. The number of amides is 1. The number of aromatic nitrogens is 2. The molecule has 138 valence electrons. The average Bonchev–Trinajstić information content (AvgIpc) is 3.00. The summed E-state index contributed by atoms with van der Waals surface area (Å²) in [4.78, 5) is 21.2. The Hall–Kier alpha value is -2.35. The van der Waals surface area contributed by atoms with Crippen LogP contribution in [0.5, 0.6) is 0 Å². The lowest BCUT2D eigenvalue weighted by atomic mass is 9.88. The number of carbonyl (C=O) groups excluding carboxylic acids is 1. The Bertz CT molecular complexity index is 728. The third-order valence-corrected chi connectivity index (χ3v) is 4.83. The molecular weight excluding hydrogens is 328 g/mol. The first-order chi connectivity index (χ1) is 12.6. The van der Waals surface area contributed by atoms with Crippen molar-refractivity contribution in [3.05, 3.63) is 48.4 Å². The zero-order valence-corrected chi connectivity index (χ0v) is 15.1. The highest BCUT2D eigenvalue weighted by Gasteiger charge is 2.37. The molecule has 1 aliphatic heterocycles. The van der Waals surface area contributed by atoms with Crippen molar-refractivity contribution in [3.8, 4) is 11.3 Å². The average molecular weight is 354 g/mol. The van der Waals surface area contributed by atoms with E-state index in [0.29, 0.717) is 18.8 Å². The maximum Gasteiger partial charge on any atom is 0.237 e. The Morgan fingerprint density at radius 2 is 1.88 bits per heavy atom. The minimum atomic E-state index is -0.556. The zero-order chi connectivity index (χ0) is 18.5. The van der Waals surface area contributed by atoms with Gasteiger partial charge in [0.15, 0.2) is 0 Å². The molecule has 3 unspecified atom stereocenters. The topological polar surface area (TPSA) is 105 Å². The fourth-order valence-corrected chi connectivity index (χ4v) is 3.39. The molecule has 2 heterocycles. The number of nitrogens with zero attached hydrogens (tertiary/aromatic N) is 2. The number of nitrogens with two attached hydrogens (primary N) is 1. The minimum Gasteiger partial charge on any atom is -0.354 e. The fourth-order valence-electron chi connectivity index (χ4n) is 3.39. The van der Waals surface area contributed by atoms with E-state index in [1.807, 2.05) is 50.2 Å². The van der Waals surface area contributed by atoms with Crippen LogP contribution in [0.2, 0.25) is 0 Å². The number of hydrogen-bond donors (Lipinski definition) is 4. The van der Waals surface area contributed by atoms with Crippen LogP contribution in [0.1, 0.15) is 19.7 Å². The molecule has 0 saturated carbocycles. The number of rotatable bonds is 6. The number of nitrogens with one attached hydrogen (secondary N) is 3. The molecule has 1 saturated heterocycles. The molecular formula is C19H26N6O. The predicted molar refractivity (Wildman–Crippen MR) is 101 cm³/mol. The van der Waals surface area contributed by atoms with Crippen LogP contribution in [-0.4, -0.2) is 40.5 Å². The van der Waals surface area contributed by atoms with E-state index in [1.54, 1.807) is 6.20 Å². The van der Waals surface area contributed by atoms with Gasteiger partial charge in [-0.1, -0.05) is 30.3 Å². The van der Waals surface area contributed by atoms with Crippen LogP contribution in [0.4, 0.5) is 0 Å². The summed E-state index contributed by atoms with van der Waals surface area (Å²) < 4.78 is 0. The second-order valence-corrected chi connectivity index (χ2v) is 6.73. The van der Waals surface area contributed by atoms with Crippen LogP contribution in [0.15, 0.2) is 42.6 Å². The molecule has 3 atom stereocenters. The number of hydrogen-bond acceptors (Lipinski definition) is 6. The highest BCUT2D eigenvalue weighted by Crippen LogP contribution is 2.18. The second-order valence-electron chi connectivity index (χ2n) is 6.73. The number of carbonyl (C=O) groups is 1. The summed E-state index contributed by atoms with van der Waals surface area (Å²) >= 11 is 0. The predicted octanol–water partition coefficient (Wildman–Crippen LogP) is 0.631. The number of benzene rings is 1. The van der Waals surface area contributed by atoms with Crippen LogP contribution >= 0.6 is 0 Å². The minimum absolute atomic E-state index is 0.0488. The normalized spacial score (nSPS) is 23.6. The van der Waals surface area contributed by atoms with E-state index in [-0.39, 0.29) is 23.9 Å². The lowest BCUT2D eigenvalue weighted by Gasteiger charge is -2.24. The highest BCUT2D eigenvalue weighted by atomic mass is 16.2. The van der Waals surface area contributed by atoms with E-state index < -0.39 is 6.04 Å². The molecule has 0 bridgehead atoms. The van der Waals surface area contributed by atoms with Gasteiger partial charge in [0, 0.05) is 42.7 Å². The SMILES string of the molecule is CC1NNC(C)C1C(N)C(=O)NCCc1nccc(-c2ccccc2)n1. The molecule has 1 aromatic heterocycles. The molecule has 1 fully saturated rings. The van der Waals surface area contributed by atoms with Crippen molar-refractivity contribution >= 4 is 5.91 Å². The lowest BCUT2D eigenvalue weighted by molar-refractivity contribution is -0.123.